The molecule has 0 bridgehead atoms. The van der Waals surface area contributed by atoms with Crippen LogP contribution in [0.3, 0.4) is 0 Å². The second-order valence-corrected chi connectivity index (χ2v) is 5.51. The largest absolute Gasteiger partial charge is 0.479 e. The van der Waals surface area contributed by atoms with E-state index in [1.54, 1.807) is 43.0 Å². The molecule has 0 spiro atoms. The molecule has 2 atom stereocenters. The molecule has 23 heavy (non-hydrogen) atoms. The van der Waals surface area contributed by atoms with Crippen molar-refractivity contribution in [3.8, 4) is 11.8 Å². The SMILES string of the molecule is C[C@H](Oc1ccc(C#N)cc1)C(=O)O[C@H](C)C(=O)N1CCCC1. The van der Waals surface area contributed by atoms with Crippen molar-refractivity contribution in [3.05, 3.63) is 29.8 Å². The summed E-state index contributed by atoms with van der Waals surface area (Å²) in [7, 11) is 0. The Kier molecular flexibility index (Phi) is 5.58. The van der Waals surface area contributed by atoms with Crippen LogP contribution in [0.5, 0.6) is 5.75 Å². The van der Waals surface area contributed by atoms with Crippen molar-refractivity contribution in [2.24, 2.45) is 0 Å². The van der Waals surface area contributed by atoms with Gasteiger partial charge >= 0.3 is 5.97 Å². The first-order valence-corrected chi connectivity index (χ1v) is 7.67. The Morgan fingerprint density at radius 2 is 1.74 bits per heavy atom. The van der Waals surface area contributed by atoms with Crippen molar-refractivity contribution in [1.29, 1.82) is 5.26 Å². The third-order valence-electron chi connectivity index (χ3n) is 3.69. The fraction of sp³-hybridized carbons (Fsp3) is 0.471. The van der Waals surface area contributed by atoms with E-state index in [0.717, 1.165) is 25.9 Å². The van der Waals surface area contributed by atoms with E-state index in [1.807, 2.05) is 6.07 Å². The highest BCUT2D eigenvalue weighted by Gasteiger charge is 2.28. The maximum Gasteiger partial charge on any atom is 0.347 e. The van der Waals surface area contributed by atoms with E-state index >= 15 is 0 Å². The summed E-state index contributed by atoms with van der Waals surface area (Å²) in [5.41, 5.74) is 0.511. The molecule has 1 amide bonds. The molecule has 0 aliphatic carbocycles. The maximum absolute atomic E-state index is 12.1. The van der Waals surface area contributed by atoms with Crippen LogP contribution < -0.4 is 4.74 Å². The lowest BCUT2D eigenvalue weighted by molar-refractivity contribution is -0.163. The minimum Gasteiger partial charge on any atom is -0.479 e. The monoisotopic (exact) mass is 316 g/mol. The van der Waals surface area contributed by atoms with Gasteiger partial charge in [-0.15, -0.1) is 0 Å². The minimum absolute atomic E-state index is 0.165. The molecule has 0 unspecified atom stereocenters. The highest BCUT2D eigenvalue weighted by Crippen LogP contribution is 2.15. The fourth-order valence-corrected chi connectivity index (χ4v) is 2.38. The number of nitriles is 1. The van der Waals surface area contributed by atoms with E-state index in [0.29, 0.717) is 11.3 Å². The second-order valence-electron chi connectivity index (χ2n) is 5.51. The lowest BCUT2D eigenvalue weighted by Crippen LogP contribution is -2.40. The first kappa shape index (κ1) is 16.8. The molecule has 0 radical (unpaired) electrons. The molecule has 1 aliphatic rings. The Balaban J connectivity index is 1.86. The van der Waals surface area contributed by atoms with Gasteiger partial charge in [0.2, 0.25) is 0 Å². The topological polar surface area (TPSA) is 79.6 Å². The van der Waals surface area contributed by atoms with Crippen LogP contribution in [0.4, 0.5) is 0 Å². The quantitative estimate of drug-likeness (QED) is 0.775. The Morgan fingerprint density at radius 3 is 2.30 bits per heavy atom. The average Bonchev–Trinajstić information content (AvgIpc) is 3.09. The van der Waals surface area contributed by atoms with Gasteiger partial charge < -0.3 is 14.4 Å². The zero-order valence-corrected chi connectivity index (χ0v) is 13.3. The normalized spacial score (nSPS) is 16.3. The van der Waals surface area contributed by atoms with Gasteiger partial charge in [0.15, 0.2) is 12.2 Å². The summed E-state index contributed by atoms with van der Waals surface area (Å²) in [6.45, 7) is 4.58. The third-order valence-corrected chi connectivity index (χ3v) is 3.69. The highest BCUT2D eigenvalue weighted by molar-refractivity contribution is 5.84. The van der Waals surface area contributed by atoms with Crippen LogP contribution in [-0.4, -0.2) is 42.1 Å². The summed E-state index contributed by atoms with van der Waals surface area (Å²) in [6.07, 6.45) is 0.333. The first-order chi connectivity index (χ1) is 11.0. The summed E-state index contributed by atoms with van der Waals surface area (Å²) in [5, 5.41) is 8.74. The van der Waals surface area contributed by atoms with Gasteiger partial charge in [0.25, 0.3) is 5.91 Å². The summed E-state index contributed by atoms with van der Waals surface area (Å²) >= 11 is 0. The molecule has 1 aromatic carbocycles. The minimum atomic E-state index is -0.836. The lowest BCUT2D eigenvalue weighted by atomic mass is 10.2. The van der Waals surface area contributed by atoms with Crippen LogP contribution in [0.15, 0.2) is 24.3 Å². The molecular formula is C17H20N2O4. The number of amides is 1. The molecule has 1 aliphatic heterocycles. The summed E-state index contributed by atoms with van der Waals surface area (Å²) < 4.78 is 10.7. The zero-order valence-electron chi connectivity index (χ0n) is 13.3. The van der Waals surface area contributed by atoms with Crippen molar-refractivity contribution >= 4 is 11.9 Å². The lowest BCUT2D eigenvalue weighted by Gasteiger charge is -2.22. The number of benzene rings is 1. The maximum atomic E-state index is 12.1. The Morgan fingerprint density at radius 1 is 1.13 bits per heavy atom. The number of carbonyl (C=O) groups excluding carboxylic acids is 2. The van der Waals surface area contributed by atoms with Crippen molar-refractivity contribution in [1.82, 2.24) is 4.90 Å². The molecule has 1 saturated heterocycles. The summed E-state index contributed by atoms with van der Waals surface area (Å²) in [4.78, 5) is 25.9. The van der Waals surface area contributed by atoms with Gasteiger partial charge in [-0.05, 0) is 51.0 Å². The molecule has 0 saturated carbocycles. The van der Waals surface area contributed by atoms with Crippen molar-refractivity contribution in [3.63, 3.8) is 0 Å². The molecule has 1 aromatic rings. The van der Waals surface area contributed by atoms with E-state index in [-0.39, 0.29) is 5.91 Å². The molecule has 6 heteroatoms. The van der Waals surface area contributed by atoms with E-state index in [1.165, 1.54) is 0 Å². The number of ether oxygens (including phenoxy) is 2. The van der Waals surface area contributed by atoms with Gasteiger partial charge in [0.05, 0.1) is 11.6 Å². The van der Waals surface area contributed by atoms with Gasteiger partial charge in [-0.2, -0.15) is 5.26 Å². The van der Waals surface area contributed by atoms with E-state index in [4.69, 9.17) is 14.7 Å². The molecule has 0 aromatic heterocycles. The number of nitrogens with zero attached hydrogens (tertiary/aromatic N) is 2. The highest BCUT2D eigenvalue weighted by atomic mass is 16.6. The van der Waals surface area contributed by atoms with Gasteiger partial charge in [-0.1, -0.05) is 0 Å². The smallest absolute Gasteiger partial charge is 0.347 e. The predicted octanol–water partition coefficient (Wildman–Crippen LogP) is 1.88. The Bertz CT molecular complexity index is 600. The number of rotatable bonds is 5. The van der Waals surface area contributed by atoms with E-state index in [2.05, 4.69) is 0 Å². The van der Waals surface area contributed by atoms with Gasteiger partial charge in [0.1, 0.15) is 5.75 Å². The number of likely N-dealkylation sites (tertiary alicyclic amines) is 1. The van der Waals surface area contributed by atoms with Crippen LogP contribution in [0.25, 0.3) is 0 Å². The number of hydrogen-bond donors (Lipinski definition) is 0. The van der Waals surface area contributed by atoms with Crippen LogP contribution >= 0.6 is 0 Å². The Labute approximate surface area is 135 Å². The van der Waals surface area contributed by atoms with Crippen LogP contribution in [-0.2, 0) is 14.3 Å². The molecule has 6 nitrogen and oxygen atoms in total. The summed E-state index contributed by atoms with van der Waals surface area (Å²) in [5.74, 6) is -0.289. The fourth-order valence-electron chi connectivity index (χ4n) is 2.38. The van der Waals surface area contributed by atoms with Crippen molar-refractivity contribution < 1.29 is 19.1 Å². The molecular weight excluding hydrogens is 296 g/mol. The number of carbonyl (C=O) groups is 2. The predicted molar refractivity (Wildman–Crippen MR) is 82.6 cm³/mol. The third kappa shape index (κ3) is 4.46. The molecule has 0 N–H and O–H groups in total. The van der Waals surface area contributed by atoms with Crippen molar-refractivity contribution in [2.75, 3.05) is 13.1 Å². The van der Waals surface area contributed by atoms with E-state index < -0.39 is 18.2 Å². The van der Waals surface area contributed by atoms with E-state index in [9.17, 15) is 9.59 Å². The van der Waals surface area contributed by atoms with Gasteiger partial charge in [-0.3, -0.25) is 4.79 Å². The van der Waals surface area contributed by atoms with Gasteiger partial charge in [-0.25, -0.2) is 4.79 Å². The number of esters is 1. The van der Waals surface area contributed by atoms with Gasteiger partial charge in [0, 0.05) is 13.1 Å². The first-order valence-electron chi connectivity index (χ1n) is 7.67. The van der Waals surface area contributed by atoms with Crippen LogP contribution in [0.2, 0.25) is 0 Å². The van der Waals surface area contributed by atoms with Crippen molar-refractivity contribution in [2.45, 2.75) is 38.9 Å². The second kappa shape index (κ2) is 7.63. The van der Waals surface area contributed by atoms with Crippen LogP contribution in [0.1, 0.15) is 32.3 Å². The molecule has 122 valence electrons. The molecule has 1 heterocycles. The standard InChI is InChI=1S/C17H20N2O4/c1-12(16(20)19-9-3-4-10-19)23-17(21)13(2)22-15-7-5-14(11-18)6-8-15/h5-8,12-13H,3-4,9-10H2,1-2H3/t12-,13+/m1/s1. The Hall–Kier alpha value is -2.55. The van der Waals surface area contributed by atoms with Crippen LogP contribution in [0, 0.1) is 11.3 Å². The molecule has 2 rings (SSSR count). The number of hydrogen-bond acceptors (Lipinski definition) is 5. The molecule has 1 fully saturated rings. The zero-order chi connectivity index (χ0) is 16.8. The average molecular weight is 316 g/mol. The summed E-state index contributed by atoms with van der Waals surface area (Å²) in [6, 6.07) is 8.44.